The molecular formula is C12H13NO. The first-order chi connectivity index (χ1) is 6.81. The Morgan fingerprint density at radius 2 is 1.86 bits per heavy atom. The van der Waals surface area contributed by atoms with Crippen molar-refractivity contribution in [2.75, 3.05) is 0 Å². The minimum atomic E-state index is 0.101. The monoisotopic (exact) mass is 187 g/mol. The molecule has 14 heavy (non-hydrogen) atoms. The van der Waals surface area contributed by atoms with Gasteiger partial charge in [0, 0.05) is 13.1 Å². The van der Waals surface area contributed by atoms with E-state index in [0.29, 0.717) is 0 Å². The second-order valence-corrected chi connectivity index (χ2v) is 3.46. The molecule has 0 saturated carbocycles. The van der Waals surface area contributed by atoms with E-state index in [1.54, 1.807) is 12.2 Å². The molecule has 0 atom stereocenters. The third kappa shape index (κ3) is 1.55. The summed E-state index contributed by atoms with van der Waals surface area (Å²) in [5.41, 5.74) is 2.54. The summed E-state index contributed by atoms with van der Waals surface area (Å²) in [5.74, 6) is 0.101. The van der Waals surface area contributed by atoms with E-state index in [9.17, 15) is 4.79 Å². The number of carbonyl (C=O) groups excluding carboxylic acids is 1. The average molecular weight is 187 g/mol. The van der Waals surface area contributed by atoms with E-state index in [1.165, 1.54) is 11.1 Å². The molecule has 1 amide bonds. The van der Waals surface area contributed by atoms with Crippen LogP contribution in [-0.4, -0.2) is 10.8 Å². The van der Waals surface area contributed by atoms with Crippen LogP contribution in [0.1, 0.15) is 18.1 Å². The van der Waals surface area contributed by atoms with Crippen LogP contribution >= 0.6 is 0 Å². The fraction of sp³-hybridized carbons (Fsp3) is 0.250. The Balaban J connectivity index is 2.15. The Kier molecular flexibility index (Phi) is 2.35. The van der Waals surface area contributed by atoms with Crippen LogP contribution in [0.3, 0.4) is 0 Å². The lowest BCUT2D eigenvalue weighted by Crippen LogP contribution is -2.22. The smallest absolute Gasteiger partial charge is 0.246 e. The van der Waals surface area contributed by atoms with Crippen molar-refractivity contribution in [3.8, 4) is 0 Å². The summed E-state index contributed by atoms with van der Waals surface area (Å²) in [4.78, 5) is 13.4. The van der Waals surface area contributed by atoms with Gasteiger partial charge in [-0.1, -0.05) is 30.3 Å². The number of carbonyl (C=O) groups is 1. The largest absolute Gasteiger partial charge is 0.330 e. The zero-order valence-corrected chi connectivity index (χ0v) is 8.23. The molecule has 0 aliphatic carbocycles. The zero-order chi connectivity index (χ0) is 9.97. The van der Waals surface area contributed by atoms with Gasteiger partial charge in [0.15, 0.2) is 0 Å². The molecule has 0 radical (unpaired) electrons. The van der Waals surface area contributed by atoms with Crippen molar-refractivity contribution in [3.05, 3.63) is 47.5 Å². The number of hydrogen-bond donors (Lipinski definition) is 0. The van der Waals surface area contributed by atoms with Gasteiger partial charge in [-0.2, -0.15) is 0 Å². The maximum atomic E-state index is 11.6. The minimum Gasteiger partial charge on any atom is -0.330 e. The fourth-order valence-electron chi connectivity index (χ4n) is 1.74. The molecule has 2 heteroatoms. The summed E-state index contributed by atoms with van der Waals surface area (Å²) in [6.07, 6.45) is 3.40. The number of benzene rings is 1. The Morgan fingerprint density at radius 1 is 1.29 bits per heavy atom. The van der Waals surface area contributed by atoms with E-state index < -0.39 is 0 Å². The average Bonchev–Trinajstić information content (AvgIpc) is 2.61. The molecule has 1 aliphatic heterocycles. The third-order valence-electron chi connectivity index (χ3n) is 2.46. The first-order valence-corrected chi connectivity index (χ1v) is 4.79. The Morgan fingerprint density at radius 3 is 2.36 bits per heavy atom. The molecule has 0 unspecified atom stereocenters. The molecule has 1 aromatic carbocycles. The van der Waals surface area contributed by atoms with Gasteiger partial charge in [-0.25, -0.2) is 0 Å². The predicted molar refractivity (Wildman–Crippen MR) is 55.5 cm³/mol. The van der Waals surface area contributed by atoms with Crippen LogP contribution in [0.15, 0.2) is 36.4 Å². The molecule has 0 spiro atoms. The Labute approximate surface area is 83.8 Å². The van der Waals surface area contributed by atoms with Crippen molar-refractivity contribution >= 4 is 5.91 Å². The predicted octanol–water partition coefficient (Wildman–Crippen LogP) is 2.10. The van der Waals surface area contributed by atoms with Crippen LogP contribution in [-0.2, 0) is 17.9 Å². The Hall–Kier alpha value is -1.57. The minimum absolute atomic E-state index is 0.101. The lowest BCUT2D eigenvalue weighted by Gasteiger charge is -2.11. The fourth-order valence-corrected chi connectivity index (χ4v) is 1.74. The van der Waals surface area contributed by atoms with Gasteiger partial charge >= 0.3 is 0 Å². The molecule has 0 bridgehead atoms. The number of rotatable bonds is 1. The highest BCUT2D eigenvalue weighted by molar-refractivity contribution is 5.87. The van der Waals surface area contributed by atoms with Crippen molar-refractivity contribution in [3.63, 3.8) is 0 Å². The quantitative estimate of drug-likeness (QED) is 0.616. The van der Waals surface area contributed by atoms with Gasteiger partial charge in [0.25, 0.3) is 0 Å². The molecule has 0 saturated heterocycles. The van der Waals surface area contributed by atoms with Crippen LogP contribution in [0.5, 0.6) is 0 Å². The maximum absolute atomic E-state index is 11.6. The van der Waals surface area contributed by atoms with Crippen LogP contribution < -0.4 is 0 Å². The Bertz CT molecular complexity index is 357. The molecule has 1 heterocycles. The normalized spacial score (nSPS) is 14.8. The van der Waals surface area contributed by atoms with Crippen LogP contribution in [0.2, 0.25) is 0 Å². The van der Waals surface area contributed by atoms with Gasteiger partial charge in [0.2, 0.25) is 5.91 Å². The van der Waals surface area contributed by atoms with E-state index in [2.05, 4.69) is 12.1 Å². The third-order valence-corrected chi connectivity index (χ3v) is 2.46. The number of allylic oxidation sites excluding steroid dienone is 1. The van der Waals surface area contributed by atoms with E-state index in [0.717, 1.165) is 13.1 Å². The molecular weight excluding hydrogens is 174 g/mol. The second kappa shape index (κ2) is 3.66. The highest BCUT2D eigenvalue weighted by Gasteiger charge is 2.20. The molecule has 2 nitrogen and oxygen atoms in total. The molecule has 0 N–H and O–H groups in total. The lowest BCUT2D eigenvalue weighted by atomic mass is 10.1. The number of hydrogen-bond acceptors (Lipinski definition) is 1. The lowest BCUT2D eigenvalue weighted by molar-refractivity contribution is -0.126. The topological polar surface area (TPSA) is 20.3 Å². The van der Waals surface area contributed by atoms with Crippen molar-refractivity contribution in [2.24, 2.45) is 0 Å². The van der Waals surface area contributed by atoms with Crippen LogP contribution in [0.25, 0.3) is 0 Å². The van der Waals surface area contributed by atoms with E-state index >= 15 is 0 Å². The molecule has 0 fully saturated rings. The number of fused-ring (bicyclic) bond motifs is 1. The van der Waals surface area contributed by atoms with Gasteiger partial charge in [0.1, 0.15) is 0 Å². The van der Waals surface area contributed by atoms with Crippen molar-refractivity contribution in [1.29, 1.82) is 0 Å². The van der Waals surface area contributed by atoms with Crippen molar-refractivity contribution in [2.45, 2.75) is 20.0 Å². The molecule has 72 valence electrons. The van der Waals surface area contributed by atoms with Crippen LogP contribution in [0, 0.1) is 0 Å². The maximum Gasteiger partial charge on any atom is 0.246 e. The first kappa shape index (κ1) is 9.00. The molecule has 2 rings (SSSR count). The molecule has 1 aromatic rings. The summed E-state index contributed by atoms with van der Waals surface area (Å²) in [5, 5.41) is 0. The first-order valence-electron chi connectivity index (χ1n) is 4.79. The molecule has 0 aromatic heterocycles. The molecule has 1 aliphatic rings. The second-order valence-electron chi connectivity index (χ2n) is 3.46. The van der Waals surface area contributed by atoms with Crippen molar-refractivity contribution in [1.82, 2.24) is 4.90 Å². The van der Waals surface area contributed by atoms with Crippen LogP contribution in [0.4, 0.5) is 0 Å². The summed E-state index contributed by atoms with van der Waals surface area (Å²) >= 11 is 0. The van der Waals surface area contributed by atoms with E-state index in [4.69, 9.17) is 0 Å². The summed E-state index contributed by atoms with van der Waals surface area (Å²) in [6.45, 7) is 3.36. The SMILES string of the molecule is CC=CC(=O)N1Cc2ccccc2C1. The standard InChI is InChI=1S/C12H13NO/c1-2-5-12(14)13-8-10-6-3-4-7-11(10)9-13/h2-7H,8-9H2,1H3. The zero-order valence-electron chi connectivity index (χ0n) is 8.23. The summed E-state index contributed by atoms with van der Waals surface area (Å²) < 4.78 is 0. The number of nitrogens with zero attached hydrogens (tertiary/aromatic N) is 1. The summed E-state index contributed by atoms with van der Waals surface area (Å²) in [6, 6.07) is 8.20. The number of amides is 1. The van der Waals surface area contributed by atoms with Gasteiger partial charge in [0.05, 0.1) is 0 Å². The summed E-state index contributed by atoms with van der Waals surface area (Å²) in [7, 11) is 0. The van der Waals surface area contributed by atoms with Gasteiger partial charge in [-0.3, -0.25) is 4.79 Å². The van der Waals surface area contributed by atoms with Gasteiger partial charge in [-0.15, -0.1) is 0 Å². The highest BCUT2D eigenvalue weighted by atomic mass is 16.2. The van der Waals surface area contributed by atoms with E-state index in [1.807, 2.05) is 24.0 Å². The van der Waals surface area contributed by atoms with Gasteiger partial charge < -0.3 is 4.90 Å². The van der Waals surface area contributed by atoms with E-state index in [-0.39, 0.29) is 5.91 Å². The van der Waals surface area contributed by atoms with Gasteiger partial charge in [-0.05, 0) is 24.1 Å². The van der Waals surface area contributed by atoms with Crippen molar-refractivity contribution < 1.29 is 4.79 Å². The highest BCUT2D eigenvalue weighted by Crippen LogP contribution is 2.22.